The molecule has 2 aromatic rings. The number of aromatic nitrogens is 4. The number of nitrogens with one attached hydrogen (secondary N) is 2. The summed E-state index contributed by atoms with van der Waals surface area (Å²) in [5.74, 6) is -0.0461. The Hall–Kier alpha value is -1.94. The van der Waals surface area contributed by atoms with Gasteiger partial charge in [0.05, 0.1) is 18.4 Å². The molecular weight excluding hydrogens is 314 g/mol. The van der Waals surface area contributed by atoms with Crippen LogP contribution in [0.4, 0.5) is 5.13 Å². The molecular formula is C11H13N5O3S2. The first kappa shape index (κ1) is 15.4. The van der Waals surface area contributed by atoms with E-state index in [4.69, 9.17) is 4.74 Å². The molecule has 8 nitrogen and oxygen atoms in total. The van der Waals surface area contributed by atoms with Gasteiger partial charge in [-0.1, -0.05) is 23.1 Å². The van der Waals surface area contributed by atoms with E-state index < -0.39 is 5.25 Å². The van der Waals surface area contributed by atoms with Gasteiger partial charge < -0.3 is 9.72 Å². The highest BCUT2D eigenvalue weighted by molar-refractivity contribution is 8.00. The van der Waals surface area contributed by atoms with Crippen molar-refractivity contribution >= 4 is 34.1 Å². The van der Waals surface area contributed by atoms with Crippen molar-refractivity contribution in [2.24, 2.45) is 0 Å². The maximum absolute atomic E-state index is 12.0. The third-order valence-corrected chi connectivity index (χ3v) is 4.06. The zero-order valence-electron chi connectivity index (χ0n) is 11.5. The number of nitrogens with zero attached hydrogens (tertiary/aromatic N) is 3. The highest BCUT2D eigenvalue weighted by atomic mass is 32.2. The molecule has 0 bridgehead atoms. The Morgan fingerprint density at radius 2 is 2.29 bits per heavy atom. The van der Waals surface area contributed by atoms with Crippen LogP contribution in [0.3, 0.4) is 0 Å². The first-order valence-electron chi connectivity index (χ1n) is 5.91. The molecule has 0 spiro atoms. The fraction of sp³-hybridized carbons (Fsp3) is 0.364. The molecule has 0 radical (unpaired) electrons. The fourth-order valence-electron chi connectivity index (χ4n) is 1.35. The van der Waals surface area contributed by atoms with Gasteiger partial charge in [0.1, 0.15) is 5.01 Å². The van der Waals surface area contributed by atoms with Crippen LogP contribution in [-0.4, -0.2) is 38.4 Å². The minimum Gasteiger partial charge on any atom is -0.481 e. The number of amides is 1. The lowest BCUT2D eigenvalue weighted by Crippen LogP contribution is -2.23. The van der Waals surface area contributed by atoms with E-state index in [9.17, 15) is 9.59 Å². The highest BCUT2D eigenvalue weighted by Crippen LogP contribution is 2.22. The Labute approximate surface area is 128 Å². The lowest BCUT2D eigenvalue weighted by Gasteiger charge is -2.09. The quantitative estimate of drug-likeness (QED) is 0.624. The lowest BCUT2D eigenvalue weighted by molar-refractivity contribution is -0.115. The Bertz CT molecular complexity index is 699. The normalized spacial score (nSPS) is 12.0. The molecule has 0 saturated heterocycles. The Kier molecular flexibility index (Phi) is 4.91. The van der Waals surface area contributed by atoms with Crippen molar-refractivity contribution in [2.45, 2.75) is 24.3 Å². The number of ether oxygens (including phenoxy) is 1. The first-order valence-corrected chi connectivity index (χ1v) is 7.60. The van der Waals surface area contributed by atoms with E-state index in [1.807, 2.05) is 0 Å². The van der Waals surface area contributed by atoms with E-state index in [2.05, 4.69) is 25.5 Å². The van der Waals surface area contributed by atoms with Crippen LogP contribution in [0.2, 0.25) is 0 Å². The largest absolute Gasteiger partial charge is 0.481 e. The van der Waals surface area contributed by atoms with Crippen molar-refractivity contribution in [1.82, 2.24) is 20.2 Å². The molecule has 2 N–H and O–H groups in total. The van der Waals surface area contributed by atoms with Gasteiger partial charge in [0.2, 0.25) is 16.9 Å². The van der Waals surface area contributed by atoms with Gasteiger partial charge in [0.15, 0.2) is 5.16 Å². The van der Waals surface area contributed by atoms with E-state index in [1.165, 1.54) is 24.5 Å². The molecule has 0 aliphatic rings. The average molecular weight is 327 g/mol. The number of carbonyl (C=O) groups excluding carboxylic acids is 1. The molecule has 0 unspecified atom stereocenters. The van der Waals surface area contributed by atoms with Crippen LogP contribution in [-0.2, 0) is 4.79 Å². The van der Waals surface area contributed by atoms with Crippen molar-refractivity contribution in [3.05, 3.63) is 21.4 Å². The number of hydrogen-bond donors (Lipinski definition) is 2. The number of methoxy groups -OCH3 is 1. The van der Waals surface area contributed by atoms with Crippen LogP contribution < -0.4 is 15.6 Å². The van der Waals surface area contributed by atoms with Crippen LogP contribution in [0.5, 0.6) is 5.88 Å². The Morgan fingerprint density at radius 1 is 1.52 bits per heavy atom. The van der Waals surface area contributed by atoms with Gasteiger partial charge in [-0.15, -0.1) is 10.2 Å². The molecule has 10 heteroatoms. The van der Waals surface area contributed by atoms with Crippen LogP contribution in [0.25, 0.3) is 0 Å². The zero-order chi connectivity index (χ0) is 15.4. The van der Waals surface area contributed by atoms with Crippen LogP contribution in [0.15, 0.2) is 16.0 Å². The lowest BCUT2D eigenvalue weighted by atomic mass is 10.4. The SMILES string of the molecule is COc1cc(=O)[nH]c(S[C@H](C)C(=O)Nc2nnc(C)s2)n1. The maximum atomic E-state index is 12.0. The number of H-pyrrole nitrogens is 1. The van der Waals surface area contributed by atoms with Crippen molar-refractivity contribution in [1.29, 1.82) is 0 Å². The van der Waals surface area contributed by atoms with E-state index in [0.29, 0.717) is 10.3 Å². The number of hydrogen-bond acceptors (Lipinski definition) is 8. The summed E-state index contributed by atoms with van der Waals surface area (Å²) in [5, 5.41) is 11.4. The van der Waals surface area contributed by atoms with E-state index >= 15 is 0 Å². The van der Waals surface area contributed by atoms with Gasteiger partial charge >= 0.3 is 0 Å². The summed E-state index contributed by atoms with van der Waals surface area (Å²) in [6.07, 6.45) is 0. The molecule has 2 aromatic heterocycles. The predicted molar refractivity (Wildman–Crippen MR) is 80.0 cm³/mol. The minimum absolute atomic E-state index is 0.202. The van der Waals surface area contributed by atoms with Gasteiger partial charge in [-0.25, -0.2) is 0 Å². The Morgan fingerprint density at radius 3 is 2.90 bits per heavy atom. The number of anilines is 1. The summed E-state index contributed by atoms with van der Waals surface area (Å²) in [6, 6.07) is 1.23. The summed E-state index contributed by atoms with van der Waals surface area (Å²) in [4.78, 5) is 30.0. The fourth-order valence-corrected chi connectivity index (χ4v) is 2.75. The maximum Gasteiger partial charge on any atom is 0.255 e. The zero-order valence-corrected chi connectivity index (χ0v) is 13.2. The van der Waals surface area contributed by atoms with Gasteiger partial charge in [-0.2, -0.15) is 4.98 Å². The number of aromatic amines is 1. The van der Waals surface area contributed by atoms with Gasteiger partial charge in [-0.05, 0) is 13.8 Å². The molecule has 0 aliphatic heterocycles. The van der Waals surface area contributed by atoms with E-state index in [1.54, 1.807) is 13.8 Å². The summed E-state index contributed by atoms with van der Waals surface area (Å²) in [6.45, 7) is 3.50. The summed E-state index contributed by atoms with van der Waals surface area (Å²) < 4.78 is 4.91. The standard InChI is InChI=1S/C11H13N5O3S2/c1-5(9(18)14-11-16-15-6(2)21-11)20-10-12-7(17)4-8(13-10)19-3/h4-5H,1-3H3,(H,12,13,17)(H,14,16,18)/t5-/m1/s1. The Balaban J connectivity index is 2.03. The van der Waals surface area contributed by atoms with E-state index in [-0.39, 0.29) is 17.3 Å². The molecule has 2 heterocycles. The van der Waals surface area contributed by atoms with Gasteiger partial charge in [0.25, 0.3) is 5.56 Å². The molecule has 1 amide bonds. The monoisotopic (exact) mass is 327 g/mol. The smallest absolute Gasteiger partial charge is 0.255 e. The molecule has 1 atom stereocenters. The minimum atomic E-state index is -0.468. The van der Waals surface area contributed by atoms with Crippen molar-refractivity contribution in [3.8, 4) is 5.88 Å². The van der Waals surface area contributed by atoms with Crippen LogP contribution in [0.1, 0.15) is 11.9 Å². The van der Waals surface area contributed by atoms with Crippen LogP contribution in [0, 0.1) is 6.92 Å². The third-order valence-electron chi connectivity index (χ3n) is 2.32. The van der Waals surface area contributed by atoms with Crippen molar-refractivity contribution in [2.75, 3.05) is 12.4 Å². The molecule has 0 aliphatic carbocycles. The number of aryl methyl sites for hydroxylation is 1. The topological polar surface area (TPSA) is 110 Å². The molecule has 2 rings (SSSR count). The molecule has 0 fully saturated rings. The summed E-state index contributed by atoms with van der Waals surface area (Å²) in [7, 11) is 1.42. The molecule has 112 valence electrons. The third kappa shape index (κ3) is 4.26. The summed E-state index contributed by atoms with van der Waals surface area (Å²) in [5.41, 5.74) is -0.336. The van der Waals surface area contributed by atoms with Crippen LogP contribution >= 0.6 is 23.1 Å². The first-order chi connectivity index (χ1) is 9.97. The summed E-state index contributed by atoms with van der Waals surface area (Å²) >= 11 is 2.41. The number of carbonyl (C=O) groups is 1. The molecule has 0 saturated carbocycles. The molecule has 0 aromatic carbocycles. The molecule has 21 heavy (non-hydrogen) atoms. The highest BCUT2D eigenvalue weighted by Gasteiger charge is 2.18. The van der Waals surface area contributed by atoms with Crippen molar-refractivity contribution < 1.29 is 9.53 Å². The number of thioether (sulfide) groups is 1. The van der Waals surface area contributed by atoms with E-state index in [0.717, 1.165) is 16.8 Å². The van der Waals surface area contributed by atoms with Gasteiger partial charge in [-0.3, -0.25) is 14.9 Å². The van der Waals surface area contributed by atoms with Gasteiger partial charge in [0, 0.05) is 0 Å². The van der Waals surface area contributed by atoms with Crippen molar-refractivity contribution in [3.63, 3.8) is 0 Å². The second-order valence-electron chi connectivity index (χ2n) is 3.97. The number of rotatable bonds is 5. The second-order valence-corrected chi connectivity index (χ2v) is 6.48. The predicted octanol–water partition coefficient (Wildman–Crippen LogP) is 1.06. The average Bonchev–Trinajstić information content (AvgIpc) is 2.83. The second kappa shape index (κ2) is 6.68.